The number of hydrogen-bond donors (Lipinski definition) is 2. The van der Waals surface area contributed by atoms with E-state index < -0.39 is 54.1 Å². The molecule has 0 saturated carbocycles. The molecule has 2 heterocycles. The van der Waals surface area contributed by atoms with Crippen LogP contribution in [0.4, 0.5) is 4.39 Å². The third kappa shape index (κ3) is 5.63. The van der Waals surface area contributed by atoms with Crippen molar-refractivity contribution < 1.29 is 23.8 Å². The summed E-state index contributed by atoms with van der Waals surface area (Å²) in [5, 5.41) is 10.3. The summed E-state index contributed by atoms with van der Waals surface area (Å²) in [4.78, 5) is 38.5. The van der Waals surface area contributed by atoms with Gasteiger partial charge in [0, 0.05) is 11.4 Å². The summed E-state index contributed by atoms with van der Waals surface area (Å²) in [6.07, 6.45) is -1.71. The third-order valence-corrected chi connectivity index (χ3v) is 6.21. The maximum absolute atomic E-state index is 14.6. The smallest absolute Gasteiger partial charge is 0.340 e. The molecule has 4 rings (SSSR count). The Bertz CT molecular complexity index is 1330. The molecule has 3 N–H and O–H groups in total. The van der Waals surface area contributed by atoms with E-state index in [1.165, 1.54) is 0 Å². The van der Waals surface area contributed by atoms with Gasteiger partial charge in [-0.15, -0.1) is 0 Å². The number of hydrogen-bond acceptors (Lipinski definition) is 7. The van der Waals surface area contributed by atoms with E-state index in [0.717, 1.165) is 10.1 Å². The number of aliphatic hydroxyl groups excluding tert-OH is 1. The second kappa shape index (κ2) is 11.3. The highest BCUT2D eigenvalue weighted by atomic mass is 35.5. The molecule has 0 bridgehead atoms. The number of nitrogens with zero attached hydrogens (tertiary/aromatic N) is 2. The molecule has 0 unspecified atom stereocenters. The van der Waals surface area contributed by atoms with Crippen LogP contribution < -0.4 is 17.0 Å². The highest BCUT2D eigenvalue weighted by Crippen LogP contribution is 2.30. The first-order chi connectivity index (χ1) is 17.3. The largest absolute Gasteiger partial charge is 0.394 e. The van der Waals surface area contributed by atoms with Crippen LogP contribution in [0.3, 0.4) is 0 Å². The highest BCUT2D eigenvalue weighted by Gasteiger charge is 2.38. The molecule has 1 aliphatic rings. The van der Waals surface area contributed by atoms with Gasteiger partial charge in [-0.05, 0) is 29.7 Å². The van der Waals surface area contributed by atoms with Gasteiger partial charge < -0.3 is 20.3 Å². The molecule has 0 radical (unpaired) electrons. The Hall–Kier alpha value is -3.15. The fourth-order valence-corrected chi connectivity index (χ4v) is 4.18. The molecule has 9 nitrogen and oxygen atoms in total. The van der Waals surface area contributed by atoms with Crippen molar-refractivity contribution in [2.45, 2.75) is 43.9 Å². The second-order valence-electron chi connectivity index (χ2n) is 8.47. The summed E-state index contributed by atoms with van der Waals surface area (Å²) < 4.78 is 27.2. The van der Waals surface area contributed by atoms with Crippen LogP contribution in [0.15, 0.2) is 70.4 Å². The molecular weight excluding hydrogens is 493 g/mol. The zero-order valence-electron chi connectivity index (χ0n) is 19.1. The average molecular weight is 518 g/mol. The zero-order valence-corrected chi connectivity index (χ0v) is 19.9. The Morgan fingerprint density at radius 1 is 1.17 bits per heavy atom. The van der Waals surface area contributed by atoms with Crippen LogP contribution in [0, 0.1) is 5.82 Å². The molecule has 190 valence electrons. The molecule has 0 aliphatic carbocycles. The summed E-state index contributed by atoms with van der Waals surface area (Å²) in [7, 11) is 0. The maximum atomic E-state index is 14.6. The van der Waals surface area contributed by atoms with Crippen molar-refractivity contribution in [1.82, 2.24) is 9.13 Å². The monoisotopic (exact) mass is 517 g/mol. The van der Waals surface area contributed by atoms with E-state index in [1.807, 2.05) is 0 Å². The predicted octanol–water partition coefficient (Wildman–Crippen LogP) is 1.88. The lowest BCUT2D eigenvalue weighted by Crippen LogP contribution is -2.51. The molecule has 1 saturated heterocycles. The van der Waals surface area contributed by atoms with Crippen LogP contribution in [0.5, 0.6) is 0 Å². The third-order valence-electron chi connectivity index (χ3n) is 5.96. The number of aromatic nitrogens is 2. The standard InChI is InChI=1S/C25H25ClFN3O6/c26-17-8-6-16(7-9-17)14-35-20-11-22(36-21(20)13-31)29-12-18(27)23(32)30(25(29)34)24(33)19(28)10-15-4-2-1-3-5-15/h1-9,12,19-22,31H,10-11,13-14,28H2/t19-,20-,21+,22+/m0/s1. The van der Waals surface area contributed by atoms with Crippen LogP contribution in [-0.2, 0) is 22.5 Å². The first kappa shape index (κ1) is 25.9. The molecule has 36 heavy (non-hydrogen) atoms. The molecule has 1 aliphatic heterocycles. The SMILES string of the molecule is N[C@@H](Cc1ccccc1)C(=O)n1c(=O)c(F)cn([C@H]2C[C@H](OCc3ccc(Cl)cc3)[C@@H](CO)O2)c1=O. The van der Waals surface area contributed by atoms with Gasteiger partial charge in [0.05, 0.1) is 31.6 Å². The van der Waals surface area contributed by atoms with Gasteiger partial charge in [-0.3, -0.25) is 14.2 Å². The van der Waals surface area contributed by atoms with Gasteiger partial charge in [0.2, 0.25) is 5.82 Å². The van der Waals surface area contributed by atoms with E-state index in [4.69, 9.17) is 26.8 Å². The molecule has 0 amide bonds. The fraction of sp³-hybridized carbons (Fsp3) is 0.320. The van der Waals surface area contributed by atoms with Crippen molar-refractivity contribution in [3.05, 3.63) is 104 Å². The summed E-state index contributed by atoms with van der Waals surface area (Å²) in [6.45, 7) is -0.233. The molecule has 4 atom stereocenters. The number of nitrogens with two attached hydrogens (primary N) is 1. The molecular formula is C25H25ClFN3O6. The minimum absolute atomic E-state index is 0.0508. The average Bonchev–Trinajstić information content (AvgIpc) is 3.29. The van der Waals surface area contributed by atoms with E-state index in [2.05, 4.69) is 0 Å². The Kier molecular flexibility index (Phi) is 8.12. The number of halogens is 2. The molecule has 11 heteroatoms. The summed E-state index contributed by atoms with van der Waals surface area (Å²) in [5.74, 6) is -2.35. The van der Waals surface area contributed by atoms with Crippen molar-refractivity contribution in [3.8, 4) is 0 Å². The topological polar surface area (TPSA) is 126 Å². The molecule has 0 spiro atoms. The van der Waals surface area contributed by atoms with Crippen LogP contribution in [-0.4, -0.2) is 45.0 Å². The number of aliphatic hydroxyl groups is 1. The van der Waals surface area contributed by atoms with Crippen molar-refractivity contribution in [3.63, 3.8) is 0 Å². The van der Waals surface area contributed by atoms with E-state index in [0.29, 0.717) is 16.8 Å². The van der Waals surface area contributed by atoms with Crippen molar-refractivity contribution >= 4 is 17.5 Å². The van der Waals surface area contributed by atoms with Crippen LogP contribution in [0.2, 0.25) is 5.02 Å². The summed E-state index contributed by atoms with van der Waals surface area (Å²) >= 11 is 5.89. The first-order valence-electron chi connectivity index (χ1n) is 11.3. The van der Waals surface area contributed by atoms with Gasteiger partial charge >= 0.3 is 5.69 Å². The lowest BCUT2D eigenvalue weighted by Gasteiger charge is -2.17. The van der Waals surface area contributed by atoms with E-state index in [9.17, 15) is 23.9 Å². The Balaban J connectivity index is 1.55. The molecule has 1 fully saturated rings. The quantitative estimate of drug-likeness (QED) is 0.467. The van der Waals surface area contributed by atoms with Gasteiger partial charge in [-0.1, -0.05) is 54.1 Å². The second-order valence-corrected chi connectivity index (χ2v) is 8.90. The normalized spacial score (nSPS) is 20.4. The van der Waals surface area contributed by atoms with Gasteiger partial charge in [-0.2, -0.15) is 8.96 Å². The van der Waals surface area contributed by atoms with Crippen molar-refractivity contribution in [2.24, 2.45) is 5.73 Å². The maximum Gasteiger partial charge on any atom is 0.340 e. The minimum Gasteiger partial charge on any atom is -0.394 e. The van der Waals surface area contributed by atoms with E-state index >= 15 is 0 Å². The Morgan fingerprint density at radius 3 is 2.53 bits per heavy atom. The van der Waals surface area contributed by atoms with Crippen LogP contribution in [0.1, 0.15) is 28.6 Å². The lowest BCUT2D eigenvalue weighted by molar-refractivity contribution is -0.0661. The minimum atomic E-state index is -1.39. The van der Waals surface area contributed by atoms with Crippen molar-refractivity contribution in [2.75, 3.05) is 6.61 Å². The highest BCUT2D eigenvalue weighted by molar-refractivity contribution is 6.30. The van der Waals surface area contributed by atoms with Crippen LogP contribution >= 0.6 is 11.6 Å². The number of rotatable bonds is 8. The number of carbonyl (C=O) groups excluding carboxylic acids is 1. The Morgan fingerprint density at radius 2 is 1.86 bits per heavy atom. The van der Waals surface area contributed by atoms with Crippen molar-refractivity contribution in [1.29, 1.82) is 0 Å². The predicted molar refractivity (Wildman–Crippen MR) is 129 cm³/mol. The fourth-order valence-electron chi connectivity index (χ4n) is 4.06. The lowest BCUT2D eigenvalue weighted by atomic mass is 10.1. The first-order valence-corrected chi connectivity index (χ1v) is 11.7. The van der Waals surface area contributed by atoms with Gasteiger partial charge in [-0.25, -0.2) is 4.79 Å². The zero-order chi connectivity index (χ0) is 25.8. The molecule has 2 aromatic carbocycles. The van der Waals surface area contributed by atoms with Gasteiger partial charge in [0.25, 0.3) is 11.5 Å². The summed E-state index contributed by atoms with van der Waals surface area (Å²) in [6, 6.07) is 14.5. The number of ether oxygens (including phenoxy) is 2. The van der Waals surface area contributed by atoms with E-state index in [1.54, 1.807) is 54.6 Å². The van der Waals surface area contributed by atoms with Gasteiger partial charge in [0.1, 0.15) is 12.3 Å². The Labute approximate surface area is 210 Å². The number of carbonyl (C=O) groups is 1. The van der Waals surface area contributed by atoms with E-state index in [-0.39, 0.29) is 24.0 Å². The summed E-state index contributed by atoms with van der Waals surface area (Å²) in [5.41, 5.74) is 5.03. The molecule has 1 aromatic heterocycles. The molecule has 3 aromatic rings. The number of benzene rings is 2. The van der Waals surface area contributed by atoms with Crippen LogP contribution in [0.25, 0.3) is 0 Å². The van der Waals surface area contributed by atoms with Gasteiger partial charge in [0.15, 0.2) is 0 Å².